The second kappa shape index (κ2) is 5.20. The molecule has 2 heteroatoms. The van der Waals surface area contributed by atoms with Gasteiger partial charge in [0.1, 0.15) is 0 Å². The van der Waals surface area contributed by atoms with E-state index in [0.29, 0.717) is 6.00 Å². The summed E-state index contributed by atoms with van der Waals surface area (Å²) in [7, 11) is 2.03. The number of rotatable bonds is 3. The summed E-state index contributed by atoms with van der Waals surface area (Å²) in [5.74, 6) is 0. The maximum Gasteiger partial charge on any atom is 0.0738 e. The third kappa shape index (κ3) is 3.50. The lowest BCUT2D eigenvalue weighted by atomic mass is 9.85. The molecule has 1 aromatic rings. The fraction of sp³-hybridized carbons (Fsp3) is 0.571. The van der Waals surface area contributed by atoms with E-state index in [9.17, 15) is 0 Å². The molecule has 0 saturated carbocycles. The van der Waals surface area contributed by atoms with E-state index >= 15 is 0 Å². The second-order valence-corrected chi connectivity index (χ2v) is 5.76. The maximum absolute atomic E-state index is 5.78. The van der Waals surface area contributed by atoms with Crippen molar-refractivity contribution in [3.05, 3.63) is 34.9 Å². The summed E-state index contributed by atoms with van der Waals surface area (Å²) in [5.41, 5.74) is 4.32. The van der Waals surface area contributed by atoms with Gasteiger partial charge in [0.25, 0.3) is 0 Å². The molecule has 0 aliphatic carbocycles. The highest BCUT2D eigenvalue weighted by Crippen LogP contribution is 2.24. The van der Waals surface area contributed by atoms with Gasteiger partial charge in [0.2, 0.25) is 0 Å². The summed E-state index contributed by atoms with van der Waals surface area (Å²) in [6.07, 6.45) is 0. The largest absolute Gasteiger partial charge is 0.289 e. The molecule has 0 heterocycles. The molecule has 0 aliphatic heterocycles. The topological polar surface area (TPSA) is 3.24 Å². The van der Waals surface area contributed by atoms with Crippen molar-refractivity contribution in [3.8, 4) is 0 Å². The molecule has 0 atom stereocenters. The normalized spacial score (nSPS) is 12.2. The van der Waals surface area contributed by atoms with Crippen LogP contribution in [0.2, 0.25) is 0 Å². The van der Waals surface area contributed by atoms with E-state index in [1.165, 1.54) is 16.7 Å². The van der Waals surface area contributed by atoms with E-state index in [0.717, 1.165) is 6.54 Å². The van der Waals surface area contributed by atoms with Gasteiger partial charge in [-0.1, -0.05) is 39.0 Å². The summed E-state index contributed by atoms with van der Waals surface area (Å²) < 4.78 is 0. The average Bonchev–Trinajstić information content (AvgIpc) is 2.19. The van der Waals surface area contributed by atoms with Gasteiger partial charge >= 0.3 is 0 Å². The first-order chi connectivity index (χ1) is 7.34. The molecular weight excluding hydrogens is 218 g/mol. The van der Waals surface area contributed by atoms with Crippen molar-refractivity contribution in [2.75, 3.05) is 13.1 Å². The van der Waals surface area contributed by atoms with Gasteiger partial charge in [-0.3, -0.25) is 4.90 Å². The zero-order valence-corrected chi connectivity index (χ0v) is 11.7. The third-order valence-electron chi connectivity index (χ3n) is 2.85. The molecule has 0 radical (unpaired) electrons. The Kier molecular flexibility index (Phi) is 4.40. The summed E-state index contributed by atoms with van der Waals surface area (Å²) in [6, 6.07) is 7.31. The number of benzene rings is 1. The maximum atomic E-state index is 5.78. The van der Waals surface area contributed by atoms with Crippen LogP contribution in [0.5, 0.6) is 0 Å². The molecule has 0 fully saturated rings. The fourth-order valence-corrected chi connectivity index (χ4v) is 1.76. The molecule has 0 bridgehead atoms. The van der Waals surface area contributed by atoms with Gasteiger partial charge in [-0.2, -0.15) is 0 Å². The first-order valence-electron chi connectivity index (χ1n) is 5.69. The minimum absolute atomic E-state index is 0.224. The number of halogens is 1. The van der Waals surface area contributed by atoms with Crippen molar-refractivity contribution < 1.29 is 0 Å². The first kappa shape index (κ1) is 13.5. The van der Waals surface area contributed by atoms with Crippen molar-refractivity contribution >= 4 is 11.6 Å². The molecule has 0 aromatic heterocycles. The Bertz CT molecular complexity index is 352. The molecule has 0 saturated heterocycles. The summed E-state index contributed by atoms with van der Waals surface area (Å²) >= 11 is 5.78. The Morgan fingerprint density at radius 1 is 1.25 bits per heavy atom. The molecule has 0 N–H and O–H groups in total. The molecular formula is C14H22ClN. The highest BCUT2D eigenvalue weighted by molar-refractivity contribution is 6.17. The van der Waals surface area contributed by atoms with E-state index in [4.69, 9.17) is 11.6 Å². The van der Waals surface area contributed by atoms with Crippen LogP contribution in [0.15, 0.2) is 18.2 Å². The van der Waals surface area contributed by atoms with Gasteiger partial charge in [-0.05, 0) is 36.1 Å². The Labute approximate surface area is 104 Å². The molecule has 16 heavy (non-hydrogen) atoms. The standard InChI is InChI=1S/C14H22ClN/c1-11-8-13(14(2,3)4)7-6-12(11)9-16(5)10-15/h6-8H,9-10H2,1-5H3. The van der Waals surface area contributed by atoms with Crippen molar-refractivity contribution in [3.63, 3.8) is 0 Å². The van der Waals surface area contributed by atoms with Crippen molar-refractivity contribution in [1.82, 2.24) is 4.90 Å². The Morgan fingerprint density at radius 3 is 2.31 bits per heavy atom. The van der Waals surface area contributed by atoms with Crippen LogP contribution >= 0.6 is 11.6 Å². The molecule has 1 aromatic carbocycles. The van der Waals surface area contributed by atoms with Crippen LogP contribution in [-0.4, -0.2) is 18.0 Å². The molecule has 0 unspecified atom stereocenters. The highest BCUT2D eigenvalue weighted by Gasteiger charge is 2.14. The van der Waals surface area contributed by atoms with Gasteiger partial charge < -0.3 is 0 Å². The second-order valence-electron chi connectivity index (χ2n) is 5.52. The van der Waals surface area contributed by atoms with Crippen molar-refractivity contribution in [1.29, 1.82) is 0 Å². The molecule has 0 aliphatic rings. The minimum atomic E-state index is 0.224. The SMILES string of the molecule is Cc1cc(C(C)(C)C)ccc1CN(C)CCl. The lowest BCUT2D eigenvalue weighted by Crippen LogP contribution is -2.17. The number of nitrogens with zero attached hydrogens (tertiary/aromatic N) is 1. The minimum Gasteiger partial charge on any atom is -0.289 e. The van der Waals surface area contributed by atoms with Crippen LogP contribution in [0, 0.1) is 6.92 Å². The van der Waals surface area contributed by atoms with Crippen molar-refractivity contribution in [2.45, 2.75) is 39.7 Å². The zero-order valence-electron chi connectivity index (χ0n) is 11.0. The summed E-state index contributed by atoms with van der Waals surface area (Å²) in [4.78, 5) is 2.10. The Balaban J connectivity index is 2.92. The Morgan fingerprint density at radius 2 is 1.88 bits per heavy atom. The lowest BCUT2D eigenvalue weighted by Gasteiger charge is -2.21. The smallest absolute Gasteiger partial charge is 0.0738 e. The lowest BCUT2D eigenvalue weighted by molar-refractivity contribution is 0.381. The number of hydrogen-bond acceptors (Lipinski definition) is 1. The highest BCUT2D eigenvalue weighted by atomic mass is 35.5. The predicted molar refractivity (Wildman–Crippen MR) is 72.1 cm³/mol. The molecule has 0 spiro atoms. The van der Waals surface area contributed by atoms with Crippen LogP contribution in [0.3, 0.4) is 0 Å². The van der Waals surface area contributed by atoms with Crippen molar-refractivity contribution in [2.24, 2.45) is 0 Å². The van der Waals surface area contributed by atoms with E-state index in [1.807, 2.05) is 7.05 Å². The monoisotopic (exact) mass is 239 g/mol. The zero-order chi connectivity index (χ0) is 12.3. The summed E-state index contributed by atoms with van der Waals surface area (Å²) in [5, 5.41) is 0. The van der Waals surface area contributed by atoms with Crippen LogP contribution in [0.1, 0.15) is 37.5 Å². The molecule has 0 amide bonds. The quantitative estimate of drug-likeness (QED) is 0.571. The predicted octanol–water partition coefficient (Wildman–Crippen LogP) is 3.92. The molecule has 90 valence electrons. The van der Waals surface area contributed by atoms with E-state index < -0.39 is 0 Å². The number of aryl methyl sites for hydroxylation is 1. The fourth-order valence-electron chi connectivity index (χ4n) is 1.67. The first-order valence-corrected chi connectivity index (χ1v) is 6.22. The number of alkyl halides is 1. The number of hydrogen-bond donors (Lipinski definition) is 0. The van der Waals surface area contributed by atoms with Gasteiger partial charge in [0, 0.05) is 6.54 Å². The van der Waals surface area contributed by atoms with Gasteiger partial charge in [-0.25, -0.2) is 0 Å². The van der Waals surface area contributed by atoms with Gasteiger partial charge in [0.05, 0.1) is 6.00 Å². The van der Waals surface area contributed by atoms with Gasteiger partial charge in [-0.15, -0.1) is 11.6 Å². The average molecular weight is 240 g/mol. The van der Waals surface area contributed by atoms with Gasteiger partial charge in [0.15, 0.2) is 0 Å². The van der Waals surface area contributed by atoms with Crippen LogP contribution in [-0.2, 0) is 12.0 Å². The van der Waals surface area contributed by atoms with E-state index in [-0.39, 0.29) is 5.41 Å². The van der Waals surface area contributed by atoms with E-state index in [2.05, 4.69) is 50.8 Å². The summed E-state index contributed by atoms with van der Waals surface area (Å²) in [6.45, 7) is 9.82. The molecule has 1 nitrogen and oxygen atoms in total. The third-order valence-corrected chi connectivity index (χ3v) is 3.26. The Hall–Kier alpha value is -0.530. The van der Waals surface area contributed by atoms with Crippen LogP contribution in [0.25, 0.3) is 0 Å². The van der Waals surface area contributed by atoms with Crippen LogP contribution in [0.4, 0.5) is 0 Å². The van der Waals surface area contributed by atoms with E-state index in [1.54, 1.807) is 0 Å². The van der Waals surface area contributed by atoms with Crippen LogP contribution < -0.4 is 0 Å². The molecule has 1 rings (SSSR count).